The van der Waals surface area contributed by atoms with Crippen molar-refractivity contribution in [3.8, 4) is 0 Å². The van der Waals surface area contributed by atoms with Crippen LogP contribution in [-0.2, 0) is 4.79 Å². The van der Waals surface area contributed by atoms with Gasteiger partial charge in [-0.2, -0.15) is 0 Å². The Morgan fingerprint density at radius 2 is 2.27 bits per heavy atom. The summed E-state index contributed by atoms with van der Waals surface area (Å²) in [5, 5.41) is 9.96. The predicted octanol–water partition coefficient (Wildman–Crippen LogP) is 2.20. The first-order chi connectivity index (χ1) is 7.08. The Balaban J connectivity index is 2.30. The lowest BCUT2D eigenvalue weighted by molar-refractivity contribution is -0.117. The zero-order valence-corrected chi connectivity index (χ0v) is 10.1. The van der Waals surface area contributed by atoms with Gasteiger partial charge in [0.25, 0.3) is 0 Å². The van der Waals surface area contributed by atoms with Crippen LogP contribution in [-0.4, -0.2) is 23.7 Å². The van der Waals surface area contributed by atoms with E-state index in [0.29, 0.717) is 11.6 Å². The minimum atomic E-state index is -0.563. The number of benzene rings is 1. The number of nitrogens with zero attached hydrogens (tertiary/aromatic N) is 1. The van der Waals surface area contributed by atoms with Crippen LogP contribution in [0.15, 0.2) is 22.7 Å². The topological polar surface area (TPSA) is 40.5 Å². The molecule has 1 unspecified atom stereocenters. The number of amides is 1. The SMILES string of the molecule is O=C1CC(O)CN1c1ccc(Cl)c(Br)c1. The average Bonchev–Trinajstić information content (AvgIpc) is 2.50. The number of aliphatic hydroxyl groups excluding tert-OH is 1. The van der Waals surface area contributed by atoms with Gasteiger partial charge in [-0.3, -0.25) is 4.79 Å². The van der Waals surface area contributed by atoms with Crippen molar-refractivity contribution in [2.45, 2.75) is 12.5 Å². The lowest BCUT2D eigenvalue weighted by atomic mass is 10.3. The van der Waals surface area contributed by atoms with Gasteiger partial charge >= 0.3 is 0 Å². The van der Waals surface area contributed by atoms with E-state index >= 15 is 0 Å². The van der Waals surface area contributed by atoms with Crippen molar-refractivity contribution in [2.75, 3.05) is 11.4 Å². The normalized spacial score (nSPS) is 21.1. The number of halogens is 2. The van der Waals surface area contributed by atoms with Crippen LogP contribution >= 0.6 is 27.5 Å². The van der Waals surface area contributed by atoms with Gasteiger partial charge in [0.05, 0.1) is 24.1 Å². The number of carbonyl (C=O) groups is 1. The molecule has 1 heterocycles. The molecule has 1 N–H and O–H groups in total. The minimum Gasteiger partial charge on any atom is -0.391 e. The zero-order chi connectivity index (χ0) is 11.0. The molecule has 5 heteroatoms. The zero-order valence-electron chi connectivity index (χ0n) is 7.78. The highest BCUT2D eigenvalue weighted by molar-refractivity contribution is 9.10. The van der Waals surface area contributed by atoms with Gasteiger partial charge in [0, 0.05) is 10.2 Å². The van der Waals surface area contributed by atoms with Gasteiger partial charge in [-0.15, -0.1) is 0 Å². The Hall–Kier alpha value is -0.580. The standard InChI is InChI=1S/C10H9BrClNO2/c11-8-3-6(1-2-9(8)12)13-5-7(14)4-10(13)15/h1-3,7,14H,4-5H2. The largest absolute Gasteiger partial charge is 0.391 e. The van der Waals surface area contributed by atoms with Crippen LogP contribution < -0.4 is 4.90 Å². The van der Waals surface area contributed by atoms with Gasteiger partial charge < -0.3 is 10.0 Å². The quantitative estimate of drug-likeness (QED) is 0.861. The van der Waals surface area contributed by atoms with E-state index in [1.807, 2.05) is 0 Å². The first kappa shape index (κ1) is 10.9. The summed E-state index contributed by atoms with van der Waals surface area (Å²) in [4.78, 5) is 13.1. The van der Waals surface area contributed by atoms with Crippen molar-refractivity contribution < 1.29 is 9.90 Å². The number of carbonyl (C=O) groups excluding carboxylic acids is 1. The highest BCUT2D eigenvalue weighted by Crippen LogP contribution is 2.29. The molecule has 0 radical (unpaired) electrons. The third-order valence-corrected chi connectivity index (χ3v) is 3.53. The molecular formula is C10H9BrClNO2. The second kappa shape index (κ2) is 4.12. The molecular weight excluding hydrogens is 281 g/mol. The maximum Gasteiger partial charge on any atom is 0.229 e. The summed E-state index contributed by atoms with van der Waals surface area (Å²) in [6, 6.07) is 5.26. The third kappa shape index (κ3) is 2.17. The van der Waals surface area contributed by atoms with Gasteiger partial charge in [0.1, 0.15) is 0 Å². The fourth-order valence-electron chi connectivity index (χ4n) is 1.59. The van der Waals surface area contributed by atoms with Crippen molar-refractivity contribution in [1.82, 2.24) is 0 Å². The van der Waals surface area contributed by atoms with Crippen LogP contribution in [0.5, 0.6) is 0 Å². The monoisotopic (exact) mass is 289 g/mol. The maximum atomic E-state index is 11.5. The lowest BCUT2D eigenvalue weighted by Crippen LogP contribution is -2.25. The molecule has 1 aliphatic rings. The molecule has 80 valence electrons. The molecule has 0 aliphatic carbocycles. The molecule has 1 saturated heterocycles. The van der Waals surface area contributed by atoms with Crippen molar-refractivity contribution in [3.05, 3.63) is 27.7 Å². The summed E-state index contributed by atoms with van der Waals surface area (Å²) in [6.45, 7) is 0.354. The predicted molar refractivity (Wildman–Crippen MR) is 62.1 cm³/mol. The summed E-state index contributed by atoms with van der Waals surface area (Å²) in [7, 11) is 0. The van der Waals surface area contributed by atoms with Gasteiger partial charge in [0.15, 0.2) is 0 Å². The molecule has 1 atom stereocenters. The highest BCUT2D eigenvalue weighted by atomic mass is 79.9. The number of anilines is 1. The number of hydrogen-bond acceptors (Lipinski definition) is 2. The summed E-state index contributed by atoms with van der Waals surface area (Å²) in [6.07, 6.45) is -0.368. The van der Waals surface area contributed by atoms with Crippen molar-refractivity contribution >= 4 is 39.1 Å². The molecule has 1 aromatic rings. The van der Waals surface area contributed by atoms with Crippen LogP contribution in [0.2, 0.25) is 5.02 Å². The molecule has 0 saturated carbocycles. The van der Waals surface area contributed by atoms with Crippen molar-refractivity contribution in [1.29, 1.82) is 0 Å². The third-order valence-electron chi connectivity index (χ3n) is 2.32. The van der Waals surface area contributed by atoms with E-state index in [4.69, 9.17) is 11.6 Å². The molecule has 1 aromatic carbocycles. The van der Waals surface area contributed by atoms with E-state index in [2.05, 4.69) is 15.9 Å². The van der Waals surface area contributed by atoms with Crippen LogP contribution in [0.1, 0.15) is 6.42 Å². The Morgan fingerprint density at radius 1 is 1.53 bits per heavy atom. The molecule has 0 bridgehead atoms. The van der Waals surface area contributed by atoms with Gasteiger partial charge in [0.2, 0.25) is 5.91 Å². The van der Waals surface area contributed by atoms with E-state index in [0.717, 1.165) is 10.2 Å². The Morgan fingerprint density at radius 3 is 2.80 bits per heavy atom. The number of hydrogen-bond donors (Lipinski definition) is 1. The Labute approximate surface area is 101 Å². The number of rotatable bonds is 1. The molecule has 3 nitrogen and oxygen atoms in total. The molecule has 0 spiro atoms. The molecule has 0 aromatic heterocycles. The van der Waals surface area contributed by atoms with Crippen LogP contribution in [0.4, 0.5) is 5.69 Å². The summed E-state index contributed by atoms with van der Waals surface area (Å²) in [5.74, 6) is -0.0586. The average molecular weight is 291 g/mol. The molecule has 1 amide bonds. The highest BCUT2D eigenvalue weighted by Gasteiger charge is 2.29. The summed E-state index contributed by atoms with van der Waals surface area (Å²) in [5.41, 5.74) is 0.757. The van der Waals surface area contributed by atoms with Gasteiger partial charge in [-0.05, 0) is 34.1 Å². The molecule has 2 rings (SSSR count). The van der Waals surface area contributed by atoms with Crippen molar-refractivity contribution in [2.24, 2.45) is 0 Å². The summed E-state index contributed by atoms with van der Waals surface area (Å²) >= 11 is 9.15. The van der Waals surface area contributed by atoms with E-state index in [9.17, 15) is 9.90 Å². The van der Waals surface area contributed by atoms with Crippen LogP contribution in [0.25, 0.3) is 0 Å². The fraction of sp³-hybridized carbons (Fsp3) is 0.300. The van der Waals surface area contributed by atoms with E-state index in [-0.39, 0.29) is 12.3 Å². The van der Waals surface area contributed by atoms with E-state index in [1.54, 1.807) is 23.1 Å². The van der Waals surface area contributed by atoms with E-state index in [1.165, 1.54) is 0 Å². The lowest BCUT2D eigenvalue weighted by Gasteiger charge is -2.16. The second-order valence-corrected chi connectivity index (χ2v) is 4.72. The second-order valence-electron chi connectivity index (χ2n) is 3.46. The fourth-order valence-corrected chi connectivity index (χ4v) is 2.08. The maximum absolute atomic E-state index is 11.5. The van der Waals surface area contributed by atoms with Crippen LogP contribution in [0.3, 0.4) is 0 Å². The molecule has 15 heavy (non-hydrogen) atoms. The Bertz CT molecular complexity index is 410. The van der Waals surface area contributed by atoms with E-state index < -0.39 is 6.10 Å². The molecule has 1 fully saturated rings. The molecule has 1 aliphatic heterocycles. The first-order valence-corrected chi connectivity index (χ1v) is 5.68. The van der Waals surface area contributed by atoms with Gasteiger partial charge in [-0.25, -0.2) is 0 Å². The minimum absolute atomic E-state index is 0.0586. The van der Waals surface area contributed by atoms with Gasteiger partial charge in [-0.1, -0.05) is 11.6 Å². The number of β-amino-alcohol motifs (C(OH)–C–C–N with tert-alkyl or cyclic N) is 1. The van der Waals surface area contributed by atoms with Crippen molar-refractivity contribution in [3.63, 3.8) is 0 Å². The van der Waals surface area contributed by atoms with Crippen LogP contribution in [0, 0.1) is 0 Å². The summed E-state index contributed by atoms with van der Waals surface area (Å²) < 4.78 is 0.746. The smallest absolute Gasteiger partial charge is 0.229 e. The first-order valence-electron chi connectivity index (χ1n) is 4.51. The Kier molecular flexibility index (Phi) is 3.00. The number of aliphatic hydroxyl groups is 1.